The van der Waals surface area contributed by atoms with Gasteiger partial charge >= 0.3 is 0 Å². The highest BCUT2D eigenvalue weighted by molar-refractivity contribution is 5.02. The second-order valence-electron chi connectivity index (χ2n) is 10.3. The normalized spacial score (nSPS) is 56.0. The van der Waals surface area contributed by atoms with E-state index >= 15 is 0 Å². The van der Waals surface area contributed by atoms with Crippen LogP contribution in [0.25, 0.3) is 0 Å². The van der Waals surface area contributed by atoms with Crippen molar-refractivity contribution in [2.75, 3.05) is 0 Å². The molecule has 5 aliphatic carbocycles. The molecule has 23 heavy (non-hydrogen) atoms. The number of rotatable bonds is 0. The Morgan fingerprint density at radius 3 is 1.43 bits per heavy atom. The summed E-state index contributed by atoms with van der Waals surface area (Å²) in [5.41, 5.74) is 0. The molecular weight excluding hydrogens is 276 g/mol. The summed E-state index contributed by atoms with van der Waals surface area (Å²) in [5, 5.41) is 0. The highest BCUT2D eigenvalue weighted by atomic mass is 14.6. The molecule has 0 bridgehead atoms. The van der Waals surface area contributed by atoms with E-state index in [1.54, 1.807) is 83.5 Å². The average Bonchev–Trinajstić information content (AvgIpc) is 2.61. The lowest BCUT2D eigenvalue weighted by atomic mass is 9.46. The Kier molecular flexibility index (Phi) is 4.03. The summed E-state index contributed by atoms with van der Waals surface area (Å²) in [5.74, 6) is 10.1. The summed E-state index contributed by atoms with van der Waals surface area (Å²) < 4.78 is 0. The van der Waals surface area contributed by atoms with Crippen LogP contribution in [0.5, 0.6) is 0 Å². The van der Waals surface area contributed by atoms with E-state index in [-0.39, 0.29) is 0 Å². The van der Waals surface area contributed by atoms with Gasteiger partial charge in [-0.3, -0.25) is 0 Å². The molecular formula is C23H38. The monoisotopic (exact) mass is 314 g/mol. The summed E-state index contributed by atoms with van der Waals surface area (Å²) >= 11 is 0. The van der Waals surface area contributed by atoms with Crippen LogP contribution in [0, 0.1) is 53.3 Å². The van der Waals surface area contributed by atoms with Crippen LogP contribution in [-0.4, -0.2) is 0 Å². The third-order valence-electron chi connectivity index (χ3n) is 9.65. The van der Waals surface area contributed by atoms with E-state index in [1.165, 1.54) is 0 Å². The second kappa shape index (κ2) is 6.06. The Balaban J connectivity index is 1.42. The van der Waals surface area contributed by atoms with E-state index in [4.69, 9.17) is 0 Å². The first-order chi connectivity index (χ1) is 11.3. The molecule has 0 amide bonds. The maximum absolute atomic E-state index is 2.74. The molecule has 0 saturated heterocycles. The molecule has 5 rings (SSSR count). The summed E-state index contributed by atoms with van der Waals surface area (Å²) in [6.45, 7) is 2.74. The van der Waals surface area contributed by atoms with E-state index in [2.05, 4.69) is 6.92 Å². The van der Waals surface area contributed by atoms with Gasteiger partial charge in [0.15, 0.2) is 0 Å². The smallest absolute Gasteiger partial charge is 0.0326 e. The topological polar surface area (TPSA) is 0 Å². The van der Waals surface area contributed by atoms with Gasteiger partial charge in [-0.15, -0.1) is 0 Å². The lowest BCUT2D eigenvalue weighted by Gasteiger charge is -2.59. The zero-order valence-electron chi connectivity index (χ0n) is 15.4. The van der Waals surface area contributed by atoms with Gasteiger partial charge < -0.3 is 0 Å². The third-order valence-corrected chi connectivity index (χ3v) is 9.65. The van der Waals surface area contributed by atoms with Crippen LogP contribution in [0.15, 0.2) is 0 Å². The molecule has 0 heterocycles. The Hall–Kier alpha value is 0. The molecule has 0 aromatic carbocycles. The molecule has 0 nitrogen and oxygen atoms in total. The van der Waals surface area contributed by atoms with Gasteiger partial charge in [-0.25, -0.2) is 0 Å². The van der Waals surface area contributed by atoms with Crippen molar-refractivity contribution in [3.05, 3.63) is 0 Å². The molecule has 0 N–H and O–H groups in total. The molecule has 0 spiro atoms. The first-order valence-electron chi connectivity index (χ1n) is 11.3. The van der Waals surface area contributed by atoms with Gasteiger partial charge in [-0.1, -0.05) is 45.4 Å². The van der Waals surface area contributed by atoms with E-state index in [0.29, 0.717) is 0 Å². The summed E-state index contributed by atoms with van der Waals surface area (Å²) in [6.07, 6.45) is 20.6. The van der Waals surface area contributed by atoms with Gasteiger partial charge in [-0.05, 0) is 98.2 Å². The Labute approximate surface area is 144 Å². The third kappa shape index (κ3) is 2.44. The van der Waals surface area contributed by atoms with Crippen molar-refractivity contribution < 1.29 is 0 Å². The quantitative estimate of drug-likeness (QED) is 0.467. The number of fused-ring (bicyclic) bond motifs is 6. The van der Waals surface area contributed by atoms with Gasteiger partial charge in [0.2, 0.25) is 0 Å². The Morgan fingerprint density at radius 1 is 0.478 bits per heavy atom. The highest BCUT2D eigenvalue weighted by Crippen LogP contribution is 2.61. The SMILES string of the molecule is CC1C2C(CCC3CCCCC32)CC2CCC3CCCCC3C21. The van der Waals surface area contributed by atoms with Crippen LogP contribution in [0.2, 0.25) is 0 Å². The predicted molar refractivity (Wildman–Crippen MR) is 97.1 cm³/mol. The maximum atomic E-state index is 2.74. The van der Waals surface area contributed by atoms with Crippen LogP contribution in [0.1, 0.15) is 90.4 Å². The minimum atomic E-state index is 1.07. The van der Waals surface area contributed by atoms with Crippen LogP contribution in [0.4, 0.5) is 0 Å². The van der Waals surface area contributed by atoms with Crippen LogP contribution in [-0.2, 0) is 0 Å². The van der Waals surface area contributed by atoms with Gasteiger partial charge in [0.05, 0.1) is 0 Å². The zero-order valence-corrected chi connectivity index (χ0v) is 15.4. The molecule has 8 unspecified atom stereocenters. The first kappa shape index (κ1) is 15.3. The molecule has 0 aliphatic heterocycles. The molecule has 130 valence electrons. The molecule has 5 aliphatic rings. The standard InChI is InChI=1S/C23H38/c1-15-22-18(12-10-16-6-2-4-8-20(16)22)14-19-13-11-17-7-3-5-9-21(17)23(15)19/h15-23H,2-14H2,1H3. The Bertz CT molecular complexity index is 388. The van der Waals surface area contributed by atoms with Gasteiger partial charge in [0, 0.05) is 0 Å². The molecule has 5 saturated carbocycles. The fraction of sp³-hybridized carbons (Fsp3) is 1.00. The fourth-order valence-corrected chi connectivity index (χ4v) is 8.98. The molecule has 0 heteroatoms. The van der Waals surface area contributed by atoms with Crippen molar-refractivity contribution in [3.63, 3.8) is 0 Å². The van der Waals surface area contributed by atoms with E-state index in [1.807, 2.05) is 0 Å². The number of hydrogen-bond acceptors (Lipinski definition) is 0. The number of hydrogen-bond donors (Lipinski definition) is 0. The van der Waals surface area contributed by atoms with E-state index in [0.717, 1.165) is 53.3 Å². The summed E-state index contributed by atoms with van der Waals surface area (Å²) in [4.78, 5) is 0. The summed E-state index contributed by atoms with van der Waals surface area (Å²) in [6, 6.07) is 0. The zero-order chi connectivity index (χ0) is 15.4. The van der Waals surface area contributed by atoms with E-state index < -0.39 is 0 Å². The molecule has 5 fully saturated rings. The van der Waals surface area contributed by atoms with Crippen molar-refractivity contribution in [1.82, 2.24) is 0 Å². The first-order valence-corrected chi connectivity index (χ1v) is 11.3. The molecule has 0 aromatic heterocycles. The maximum Gasteiger partial charge on any atom is -0.0326 e. The van der Waals surface area contributed by atoms with Gasteiger partial charge in [-0.2, -0.15) is 0 Å². The fourth-order valence-electron chi connectivity index (χ4n) is 8.98. The van der Waals surface area contributed by atoms with E-state index in [9.17, 15) is 0 Å². The minimum Gasteiger partial charge on any atom is -0.0619 e. The molecule has 0 aromatic rings. The van der Waals surface area contributed by atoms with Crippen molar-refractivity contribution in [1.29, 1.82) is 0 Å². The van der Waals surface area contributed by atoms with Crippen molar-refractivity contribution >= 4 is 0 Å². The Morgan fingerprint density at radius 2 is 0.913 bits per heavy atom. The van der Waals surface area contributed by atoms with Crippen LogP contribution in [0.3, 0.4) is 0 Å². The average molecular weight is 315 g/mol. The molecule has 0 radical (unpaired) electrons. The van der Waals surface area contributed by atoms with Gasteiger partial charge in [0.25, 0.3) is 0 Å². The minimum absolute atomic E-state index is 1.07. The lowest BCUT2D eigenvalue weighted by Crippen LogP contribution is -2.52. The van der Waals surface area contributed by atoms with Crippen LogP contribution >= 0.6 is 0 Å². The molecule has 8 atom stereocenters. The van der Waals surface area contributed by atoms with Gasteiger partial charge in [0.1, 0.15) is 0 Å². The summed E-state index contributed by atoms with van der Waals surface area (Å²) in [7, 11) is 0. The largest absolute Gasteiger partial charge is 0.0619 e. The van der Waals surface area contributed by atoms with Crippen molar-refractivity contribution in [3.8, 4) is 0 Å². The predicted octanol–water partition coefficient (Wildman–Crippen LogP) is 6.69. The van der Waals surface area contributed by atoms with Crippen molar-refractivity contribution in [2.45, 2.75) is 90.4 Å². The van der Waals surface area contributed by atoms with Crippen molar-refractivity contribution in [2.24, 2.45) is 53.3 Å². The highest BCUT2D eigenvalue weighted by Gasteiger charge is 2.53. The lowest BCUT2D eigenvalue weighted by molar-refractivity contribution is -0.103. The van der Waals surface area contributed by atoms with Crippen LogP contribution < -0.4 is 0 Å². The second-order valence-corrected chi connectivity index (χ2v) is 10.3.